The number of methoxy groups -OCH3 is 1. The summed E-state index contributed by atoms with van der Waals surface area (Å²) < 4.78 is 6.75. The van der Waals surface area contributed by atoms with Gasteiger partial charge in [-0.15, -0.1) is 0 Å². The summed E-state index contributed by atoms with van der Waals surface area (Å²) in [7, 11) is 3.25. The van der Waals surface area contributed by atoms with Gasteiger partial charge in [0.15, 0.2) is 0 Å². The highest BCUT2D eigenvalue weighted by Gasteiger charge is 2.30. The standard InChI is InChI=1S/C14H23N3O3/c1-10-11(13(20-3)17(2)16-10)12(18)15-9-14(19)7-5-4-6-8-14/h19H,4-9H2,1-3H3,(H,15,18). The van der Waals surface area contributed by atoms with Crippen molar-refractivity contribution in [3.63, 3.8) is 0 Å². The molecule has 1 aliphatic rings. The maximum Gasteiger partial charge on any atom is 0.258 e. The molecule has 1 fully saturated rings. The minimum absolute atomic E-state index is 0.244. The van der Waals surface area contributed by atoms with Crippen molar-refractivity contribution >= 4 is 5.91 Å². The molecule has 1 saturated carbocycles. The van der Waals surface area contributed by atoms with Crippen LogP contribution in [0.25, 0.3) is 0 Å². The molecule has 0 aliphatic heterocycles. The first kappa shape index (κ1) is 14.8. The van der Waals surface area contributed by atoms with Crippen molar-refractivity contribution in [3.8, 4) is 5.88 Å². The molecule has 1 heterocycles. The first-order valence-corrected chi connectivity index (χ1v) is 7.05. The second kappa shape index (κ2) is 5.83. The van der Waals surface area contributed by atoms with Gasteiger partial charge in [0.25, 0.3) is 5.91 Å². The molecule has 1 aromatic heterocycles. The van der Waals surface area contributed by atoms with Crippen LogP contribution < -0.4 is 10.1 Å². The van der Waals surface area contributed by atoms with Crippen molar-refractivity contribution in [2.24, 2.45) is 7.05 Å². The van der Waals surface area contributed by atoms with E-state index in [1.807, 2.05) is 0 Å². The average molecular weight is 281 g/mol. The minimum Gasteiger partial charge on any atom is -0.481 e. The molecule has 0 atom stereocenters. The van der Waals surface area contributed by atoms with Gasteiger partial charge >= 0.3 is 0 Å². The first-order chi connectivity index (χ1) is 9.47. The van der Waals surface area contributed by atoms with Crippen molar-refractivity contribution in [3.05, 3.63) is 11.3 Å². The summed E-state index contributed by atoms with van der Waals surface area (Å²) in [4.78, 5) is 12.3. The molecule has 0 spiro atoms. The molecular formula is C14H23N3O3. The van der Waals surface area contributed by atoms with Gasteiger partial charge in [0.2, 0.25) is 5.88 Å². The van der Waals surface area contributed by atoms with Gasteiger partial charge < -0.3 is 15.2 Å². The molecule has 0 saturated heterocycles. The van der Waals surface area contributed by atoms with Gasteiger partial charge in [0, 0.05) is 13.6 Å². The van der Waals surface area contributed by atoms with Gasteiger partial charge in [-0.2, -0.15) is 5.10 Å². The van der Waals surface area contributed by atoms with E-state index in [4.69, 9.17) is 4.74 Å². The third-order valence-corrected chi connectivity index (χ3v) is 3.95. The summed E-state index contributed by atoms with van der Waals surface area (Å²) in [5.74, 6) is 0.196. The van der Waals surface area contributed by atoms with E-state index in [2.05, 4.69) is 10.4 Å². The topological polar surface area (TPSA) is 76.4 Å². The third-order valence-electron chi connectivity index (χ3n) is 3.95. The zero-order valence-corrected chi connectivity index (χ0v) is 12.4. The normalized spacial score (nSPS) is 17.8. The van der Waals surface area contributed by atoms with Crippen molar-refractivity contribution < 1.29 is 14.6 Å². The van der Waals surface area contributed by atoms with Crippen LogP contribution in [0.2, 0.25) is 0 Å². The van der Waals surface area contributed by atoms with Crippen molar-refractivity contribution in [1.29, 1.82) is 0 Å². The Labute approximate surface area is 119 Å². The number of aryl methyl sites for hydroxylation is 2. The van der Waals surface area contributed by atoms with E-state index in [0.717, 1.165) is 32.1 Å². The molecule has 0 radical (unpaired) electrons. The summed E-state index contributed by atoms with van der Waals surface area (Å²) >= 11 is 0. The number of hydrogen-bond acceptors (Lipinski definition) is 4. The lowest BCUT2D eigenvalue weighted by Gasteiger charge is -2.32. The van der Waals surface area contributed by atoms with Crippen LogP contribution in [0.4, 0.5) is 0 Å². The molecule has 1 aliphatic carbocycles. The fourth-order valence-electron chi connectivity index (χ4n) is 2.85. The van der Waals surface area contributed by atoms with Gasteiger partial charge in [0.05, 0.1) is 18.4 Å². The Bertz CT molecular complexity index is 490. The van der Waals surface area contributed by atoms with Gasteiger partial charge in [-0.1, -0.05) is 19.3 Å². The van der Waals surface area contributed by atoms with E-state index >= 15 is 0 Å². The van der Waals surface area contributed by atoms with E-state index in [-0.39, 0.29) is 12.5 Å². The highest BCUT2D eigenvalue weighted by molar-refractivity contribution is 5.97. The summed E-state index contributed by atoms with van der Waals surface area (Å²) in [6.45, 7) is 2.05. The van der Waals surface area contributed by atoms with E-state index in [9.17, 15) is 9.90 Å². The molecule has 1 aromatic rings. The van der Waals surface area contributed by atoms with Crippen LogP contribution in [0.5, 0.6) is 5.88 Å². The quantitative estimate of drug-likeness (QED) is 0.868. The van der Waals surface area contributed by atoms with Crippen molar-refractivity contribution in [2.75, 3.05) is 13.7 Å². The Balaban J connectivity index is 2.05. The molecule has 2 rings (SSSR count). The Morgan fingerprint density at radius 3 is 2.70 bits per heavy atom. The number of rotatable bonds is 4. The van der Waals surface area contributed by atoms with Crippen LogP contribution >= 0.6 is 0 Å². The fourth-order valence-corrected chi connectivity index (χ4v) is 2.85. The monoisotopic (exact) mass is 281 g/mol. The van der Waals surface area contributed by atoms with Crippen LogP contribution in [0.1, 0.15) is 48.2 Å². The third kappa shape index (κ3) is 2.95. The van der Waals surface area contributed by atoms with Crippen LogP contribution in [-0.4, -0.2) is 40.0 Å². The molecule has 2 N–H and O–H groups in total. The predicted octanol–water partition coefficient (Wildman–Crippen LogP) is 1.16. The maximum absolute atomic E-state index is 12.3. The van der Waals surface area contributed by atoms with E-state index < -0.39 is 5.60 Å². The molecule has 6 heteroatoms. The second-order valence-corrected chi connectivity index (χ2v) is 5.56. The number of aliphatic hydroxyl groups is 1. The maximum atomic E-state index is 12.3. The molecule has 1 amide bonds. The van der Waals surface area contributed by atoms with Gasteiger partial charge in [-0.3, -0.25) is 4.79 Å². The highest BCUT2D eigenvalue weighted by Crippen LogP contribution is 2.27. The number of ether oxygens (including phenoxy) is 1. The number of nitrogens with zero attached hydrogens (tertiary/aromatic N) is 2. The average Bonchev–Trinajstić information content (AvgIpc) is 2.71. The predicted molar refractivity (Wildman–Crippen MR) is 74.9 cm³/mol. The molecule has 6 nitrogen and oxygen atoms in total. The fraction of sp³-hybridized carbons (Fsp3) is 0.714. The Morgan fingerprint density at radius 1 is 1.45 bits per heavy atom. The van der Waals surface area contributed by atoms with E-state index in [1.165, 1.54) is 7.11 Å². The van der Waals surface area contributed by atoms with Gasteiger partial charge in [-0.25, -0.2) is 4.68 Å². The molecule has 0 bridgehead atoms. The van der Waals surface area contributed by atoms with Gasteiger partial charge in [-0.05, 0) is 19.8 Å². The Morgan fingerprint density at radius 2 is 2.10 bits per heavy atom. The SMILES string of the molecule is COc1c(C(=O)NCC2(O)CCCCC2)c(C)nn1C. The van der Waals surface area contributed by atoms with Crippen molar-refractivity contribution in [2.45, 2.75) is 44.6 Å². The first-order valence-electron chi connectivity index (χ1n) is 7.05. The summed E-state index contributed by atoms with van der Waals surface area (Å²) in [5, 5.41) is 17.4. The number of carbonyl (C=O) groups is 1. The van der Waals surface area contributed by atoms with Crippen molar-refractivity contribution in [1.82, 2.24) is 15.1 Å². The number of aromatic nitrogens is 2. The zero-order valence-electron chi connectivity index (χ0n) is 12.4. The van der Waals surface area contributed by atoms with Crippen LogP contribution in [0, 0.1) is 6.92 Å². The molecular weight excluding hydrogens is 258 g/mol. The Kier molecular flexibility index (Phi) is 4.32. The lowest BCUT2D eigenvalue weighted by atomic mass is 9.85. The Hall–Kier alpha value is -1.56. The number of carbonyl (C=O) groups excluding carboxylic acids is 1. The zero-order chi connectivity index (χ0) is 14.8. The number of nitrogens with one attached hydrogen (secondary N) is 1. The lowest BCUT2D eigenvalue weighted by molar-refractivity contribution is 0.00522. The minimum atomic E-state index is -0.767. The summed E-state index contributed by atoms with van der Waals surface area (Å²) in [5.41, 5.74) is 0.295. The molecule has 112 valence electrons. The molecule has 0 aromatic carbocycles. The summed E-state index contributed by atoms with van der Waals surface area (Å²) in [6, 6.07) is 0. The molecule has 20 heavy (non-hydrogen) atoms. The number of hydrogen-bond donors (Lipinski definition) is 2. The van der Waals surface area contributed by atoms with Gasteiger partial charge in [0.1, 0.15) is 5.56 Å². The number of amides is 1. The van der Waals surface area contributed by atoms with Crippen LogP contribution in [-0.2, 0) is 7.05 Å². The smallest absolute Gasteiger partial charge is 0.258 e. The van der Waals surface area contributed by atoms with E-state index in [0.29, 0.717) is 17.1 Å². The van der Waals surface area contributed by atoms with E-state index in [1.54, 1.807) is 18.7 Å². The molecule has 0 unspecified atom stereocenters. The van der Waals surface area contributed by atoms with Crippen LogP contribution in [0.3, 0.4) is 0 Å². The summed E-state index contributed by atoms with van der Waals surface area (Å²) in [6.07, 6.45) is 4.68. The largest absolute Gasteiger partial charge is 0.481 e. The lowest BCUT2D eigenvalue weighted by Crippen LogP contribution is -2.44. The second-order valence-electron chi connectivity index (χ2n) is 5.56. The highest BCUT2D eigenvalue weighted by atomic mass is 16.5. The van der Waals surface area contributed by atoms with Crippen LogP contribution in [0.15, 0.2) is 0 Å².